The highest BCUT2D eigenvalue weighted by atomic mass is 35.5. The van der Waals surface area contributed by atoms with E-state index in [-0.39, 0.29) is 24.5 Å². The molecule has 0 aliphatic rings. The lowest BCUT2D eigenvalue weighted by atomic mass is 10.2. The van der Waals surface area contributed by atoms with Crippen molar-refractivity contribution < 1.29 is 17.9 Å². The number of nitrogens with zero attached hydrogens (tertiary/aromatic N) is 2. The van der Waals surface area contributed by atoms with E-state index in [1.54, 1.807) is 12.1 Å². The Morgan fingerprint density at radius 2 is 1.50 bits per heavy atom. The Kier molecular flexibility index (Phi) is 6.18. The van der Waals surface area contributed by atoms with Gasteiger partial charge < -0.3 is 14.1 Å². The summed E-state index contributed by atoms with van der Waals surface area (Å²) < 4.78 is 35.6. The Labute approximate surface area is 202 Å². The molecule has 34 heavy (non-hydrogen) atoms. The molecule has 1 atom stereocenters. The zero-order valence-corrected chi connectivity index (χ0v) is 19.8. The Morgan fingerprint density at radius 1 is 0.882 bits per heavy atom. The van der Waals surface area contributed by atoms with Crippen LogP contribution in [-0.4, -0.2) is 35.0 Å². The van der Waals surface area contributed by atoms with Crippen LogP contribution in [0.15, 0.2) is 101 Å². The van der Waals surface area contributed by atoms with Crippen LogP contribution >= 0.6 is 11.6 Å². The maximum atomic E-state index is 13.5. The molecule has 5 aromatic rings. The molecule has 0 bridgehead atoms. The van der Waals surface area contributed by atoms with Crippen LogP contribution in [-0.2, 0) is 23.1 Å². The maximum absolute atomic E-state index is 13.5. The summed E-state index contributed by atoms with van der Waals surface area (Å²) in [5, 5.41) is 13.7. The molecule has 0 spiro atoms. The SMILES string of the molecule is O=S(=O)(c1ccc(Cl)cc1)N(Cc1ccco1)C[C@@H](O)Cn1c2ccccc2c2ccccc21. The predicted octanol–water partition coefficient (Wildman–Crippen LogP) is 5.29. The van der Waals surface area contributed by atoms with Gasteiger partial charge in [-0.1, -0.05) is 48.0 Å². The number of benzene rings is 3. The van der Waals surface area contributed by atoms with E-state index in [1.807, 2.05) is 41.0 Å². The topological polar surface area (TPSA) is 75.7 Å². The molecule has 2 heterocycles. The van der Waals surface area contributed by atoms with E-state index >= 15 is 0 Å². The van der Waals surface area contributed by atoms with Crippen molar-refractivity contribution in [3.8, 4) is 0 Å². The van der Waals surface area contributed by atoms with Crippen LogP contribution in [0.25, 0.3) is 21.8 Å². The van der Waals surface area contributed by atoms with Crippen LogP contribution in [0.5, 0.6) is 0 Å². The molecule has 5 rings (SSSR count). The molecule has 0 amide bonds. The Hall–Kier alpha value is -3.10. The largest absolute Gasteiger partial charge is 0.468 e. The number of hydrogen-bond donors (Lipinski definition) is 1. The third-order valence-electron chi connectivity index (χ3n) is 5.85. The fourth-order valence-corrected chi connectivity index (χ4v) is 5.85. The number of aromatic nitrogens is 1. The second-order valence-electron chi connectivity index (χ2n) is 8.13. The number of para-hydroxylation sites is 2. The van der Waals surface area contributed by atoms with Gasteiger partial charge in [0, 0.05) is 33.4 Å². The minimum Gasteiger partial charge on any atom is -0.468 e. The Bertz CT molecular complexity index is 1470. The van der Waals surface area contributed by atoms with Gasteiger partial charge in [-0.25, -0.2) is 8.42 Å². The molecule has 174 valence electrons. The molecule has 0 aliphatic carbocycles. The average Bonchev–Trinajstić information content (AvgIpc) is 3.46. The van der Waals surface area contributed by atoms with Gasteiger partial charge in [-0.3, -0.25) is 0 Å². The number of rotatable bonds is 8. The van der Waals surface area contributed by atoms with E-state index in [2.05, 4.69) is 12.1 Å². The molecule has 2 aromatic heterocycles. The van der Waals surface area contributed by atoms with Crippen molar-refractivity contribution in [1.82, 2.24) is 8.87 Å². The number of hydrogen-bond acceptors (Lipinski definition) is 4. The normalized spacial score (nSPS) is 13.1. The molecule has 0 saturated heterocycles. The van der Waals surface area contributed by atoms with Gasteiger partial charge in [0.2, 0.25) is 10.0 Å². The molecular weight excluding hydrogens is 472 g/mol. The van der Waals surface area contributed by atoms with Crippen molar-refractivity contribution in [2.45, 2.75) is 24.1 Å². The van der Waals surface area contributed by atoms with Crippen LogP contribution in [0.3, 0.4) is 0 Å². The van der Waals surface area contributed by atoms with Gasteiger partial charge >= 0.3 is 0 Å². The Balaban J connectivity index is 1.47. The van der Waals surface area contributed by atoms with E-state index in [0.29, 0.717) is 10.8 Å². The van der Waals surface area contributed by atoms with Gasteiger partial charge in [0.05, 0.1) is 30.4 Å². The summed E-state index contributed by atoms with van der Waals surface area (Å²) in [6.07, 6.45) is 0.535. The van der Waals surface area contributed by atoms with Crippen molar-refractivity contribution >= 4 is 43.4 Å². The number of fused-ring (bicyclic) bond motifs is 3. The third-order valence-corrected chi connectivity index (χ3v) is 7.93. The van der Waals surface area contributed by atoms with Gasteiger partial charge in [-0.05, 0) is 48.5 Å². The predicted molar refractivity (Wildman–Crippen MR) is 133 cm³/mol. The van der Waals surface area contributed by atoms with Crippen molar-refractivity contribution in [3.63, 3.8) is 0 Å². The summed E-state index contributed by atoms with van der Waals surface area (Å²) in [6.45, 7) is 0.132. The number of aliphatic hydroxyl groups excluding tert-OH is 1. The van der Waals surface area contributed by atoms with Gasteiger partial charge in [0.25, 0.3) is 0 Å². The van der Waals surface area contributed by atoms with Crippen LogP contribution in [0.2, 0.25) is 5.02 Å². The lowest BCUT2D eigenvalue weighted by Crippen LogP contribution is -2.38. The molecule has 1 N–H and O–H groups in total. The fraction of sp³-hybridized carbons (Fsp3) is 0.154. The smallest absolute Gasteiger partial charge is 0.243 e. The molecule has 0 fully saturated rings. The zero-order chi connectivity index (χ0) is 23.7. The summed E-state index contributed by atoms with van der Waals surface area (Å²) in [7, 11) is -3.91. The highest BCUT2D eigenvalue weighted by Crippen LogP contribution is 2.29. The van der Waals surface area contributed by atoms with Gasteiger partial charge in [0.15, 0.2) is 0 Å². The van der Waals surface area contributed by atoms with Crippen LogP contribution in [0, 0.1) is 0 Å². The summed E-state index contributed by atoms with van der Waals surface area (Å²) in [6, 6.07) is 25.4. The van der Waals surface area contributed by atoms with Gasteiger partial charge in [0.1, 0.15) is 5.76 Å². The van der Waals surface area contributed by atoms with E-state index in [0.717, 1.165) is 21.8 Å². The second kappa shape index (κ2) is 9.27. The van der Waals surface area contributed by atoms with E-state index < -0.39 is 16.1 Å². The number of aliphatic hydroxyl groups is 1. The van der Waals surface area contributed by atoms with Crippen LogP contribution in [0.4, 0.5) is 0 Å². The summed E-state index contributed by atoms with van der Waals surface area (Å²) >= 11 is 5.95. The quantitative estimate of drug-likeness (QED) is 0.318. The van der Waals surface area contributed by atoms with Crippen LogP contribution < -0.4 is 0 Å². The van der Waals surface area contributed by atoms with Crippen LogP contribution in [0.1, 0.15) is 5.76 Å². The second-order valence-corrected chi connectivity index (χ2v) is 10.5. The highest BCUT2D eigenvalue weighted by molar-refractivity contribution is 7.89. The molecule has 8 heteroatoms. The number of sulfonamides is 1. The molecule has 6 nitrogen and oxygen atoms in total. The summed E-state index contributed by atoms with van der Waals surface area (Å²) in [5.74, 6) is 0.488. The lowest BCUT2D eigenvalue weighted by molar-refractivity contribution is 0.126. The minimum absolute atomic E-state index is 0.00218. The minimum atomic E-state index is -3.91. The summed E-state index contributed by atoms with van der Waals surface area (Å²) in [4.78, 5) is 0.104. The zero-order valence-electron chi connectivity index (χ0n) is 18.2. The monoisotopic (exact) mass is 494 g/mol. The molecule has 0 saturated carbocycles. The van der Waals surface area contributed by atoms with E-state index in [1.165, 1.54) is 34.8 Å². The fourth-order valence-electron chi connectivity index (χ4n) is 4.28. The molecule has 0 aliphatic heterocycles. The molecular formula is C26H23ClN2O4S. The number of furan rings is 1. The first-order valence-corrected chi connectivity index (χ1v) is 12.7. The van der Waals surface area contributed by atoms with E-state index in [4.69, 9.17) is 16.0 Å². The summed E-state index contributed by atoms with van der Waals surface area (Å²) in [5.41, 5.74) is 1.97. The first-order valence-electron chi connectivity index (χ1n) is 10.9. The van der Waals surface area contributed by atoms with Gasteiger partial charge in [-0.15, -0.1) is 0 Å². The van der Waals surface area contributed by atoms with Crippen molar-refractivity contribution in [3.05, 3.63) is 102 Å². The maximum Gasteiger partial charge on any atom is 0.243 e. The first kappa shape index (κ1) is 22.7. The average molecular weight is 495 g/mol. The lowest BCUT2D eigenvalue weighted by Gasteiger charge is -2.25. The molecule has 0 radical (unpaired) electrons. The molecule has 0 unspecified atom stereocenters. The number of halogens is 1. The third kappa shape index (κ3) is 4.35. The van der Waals surface area contributed by atoms with E-state index in [9.17, 15) is 13.5 Å². The first-order chi connectivity index (χ1) is 16.4. The van der Waals surface area contributed by atoms with Crippen molar-refractivity contribution in [2.24, 2.45) is 0 Å². The van der Waals surface area contributed by atoms with Gasteiger partial charge in [-0.2, -0.15) is 4.31 Å². The molecule has 3 aromatic carbocycles. The van der Waals surface area contributed by atoms with Crippen molar-refractivity contribution in [2.75, 3.05) is 6.54 Å². The Morgan fingerprint density at radius 3 is 2.09 bits per heavy atom. The van der Waals surface area contributed by atoms with Crippen molar-refractivity contribution in [1.29, 1.82) is 0 Å². The standard InChI is InChI=1S/C26H23ClN2O4S/c27-19-11-13-22(14-12-19)34(31,32)28(18-21-6-5-15-33-21)16-20(30)17-29-25-9-3-1-7-23(25)24-8-2-4-10-26(24)29/h1-15,20,30H,16-18H2/t20-/m1/s1. The highest BCUT2D eigenvalue weighted by Gasteiger charge is 2.28.